The van der Waals surface area contributed by atoms with Crippen LogP contribution in [-0.4, -0.2) is 30.1 Å². The number of thiazole rings is 2. The van der Waals surface area contributed by atoms with Gasteiger partial charge in [-0.25, -0.2) is 18.7 Å². The summed E-state index contributed by atoms with van der Waals surface area (Å²) in [7, 11) is 3.19. The average molecular weight is 673 g/mol. The zero-order valence-electron chi connectivity index (χ0n) is 24.0. The molecule has 0 saturated heterocycles. The summed E-state index contributed by atoms with van der Waals surface area (Å²) in [5.41, 5.74) is 4.72. The highest BCUT2D eigenvalue weighted by atomic mass is 35.5. The molecule has 0 radical (unpaired) electrons. The van der Waals surface area contributed by atoms with Gasteiger partial charge in [0.25, 0.3) is 0 Å². The summed E-state index contributed by atoms with van der Waals surface area (Å²) in [6.07, 6.45) is 1.50. The minimum Gasteiger partial charge on any atom is -0.496 e. The lowest BCUT2D eigenvalue weighted by Crippen LogP contribution is -2.13. The van der Waals surface area contributed by atoms with Crippen molar-refractivity contribution in [2.45, 2.75) is 26.5 Å². The number of nitrogens with one attached hydrogen (secondary N) is 2. The average Bonchev–Trinajstić information content (AvgIpc) is 3.71. The van der Waals surface area contributed by atoms with Crippen LogP contribution in [0.5, 0.6) is 5.75 Å². The van der Waals surface area contributed by atoms with Gasteiger partial charge in [0, 0.05) is 58.0 Å². The first-order chi connectivity index (χ1) is 21.1. The van der Waals surface area contributed by atoms with Crippen molar-refractivity contribution in [3.8, 4) is 28.3 Å². The molecule has 0 bridgehead atoms. The molecule has 7 nitrogen and oxygen atoms in total. The summed E-state index contributed by atoms with van der Waals surface area (Å²) < 4.78 is 39.6. The van der Waals surface area contributed by atoms with E-state index in [1.54, 1.807) is 19.6 Å². The van der Waals surface area contributed by atoms with Crippen LogP contribution in [0.3, 0.4) is 0 Å². The van der Waals surface area contributed by atoms with E-state index in [2.05, 4.69) is 20.6 Å². The third-order valence-electron chi connectivity index (χ3n) is 6.34. The number of carbonyl (C=O) groups is 1. The van der Waals surface area contributed by atoms with Crippen LogP contribution in [0, 0.1) is 11.6 Å². The topological polar surface area (TPSA) is 85.4 Å². The molecule has 0 saturated carbocycles. The number of benzene rings is 2. The van der Waals surface area contributed by atoms with E-state index in [1.807, 2.05) is 43.5 Å². The van der Waals surface area contributed by atoms with Gasteiger partial charge in [0.2, 0.25) is 5.91 Å². The Labute approximate surface area is 270 Å². The monoisotopic (exact) mass is 672 g/mol. The summed E-state index contributed by atoms with van der Waals surface area (Å²) in [5.74, 6) is -0.844. The number of methoxy groups -OCH3 is 2. The molecule has 0 aliphatic heterocycles. The number of carbonyl (C=O) groups excluding carboxylic acids is 1. The summed E-state index contributed by atoms with van der Waals surface area (Å²) in [4.78, 5) is 22.1. The molecule has 1 unspecified atom stereocenters. The van der Waals surface area contributed by atoms with Crippen LogP contribution in [0.15, 0.2) is 64.9 Å². The molecule has 0 aliphatic carbocycles. The Hall–Kier alpha value is -3.68. The van der Waals surface area contributed by atoms with Crippen LogP contribution in [0.2, 0.25) is 4.34 Å². The molecule has 44 heavy (non-hydrogen) atoms. The molecular weight excluding hydrogens is 646 g/mol. The number of aromatic nitrogens is 2. The number of allylic oxidation sites excluding steroid dienone is 1. The molecule has 0 aliphatic rings. The van der Waals surface area contributed by atoms with Gasteiger partial charge in [0.15, 0.2) is 16.5 Å². The third-order valence-corrected chi connectivity index (χ3v) is 9.23. The van der Waals surface area contributed by atoms with E-state index in [0.717, 1.165) is 33.2 Å². The van der Waals surface area contributed by atoms with Crippen LogP contribution in [0.1, 0.15) is 36.1 Å². The van der Waals surface area contributed by atoms with Gasteiger partial charge in [-0.3, -0.25) is 10.1 Å². The van der Waals surface area contributed by atoms with Crippen molar-refractivity contribution in [2.24, 2.45) is 0 Å². The predicted octanol–water partition coefficient (Wildman–Crippen LogP) is 9.19. The highest BCUT2D eigenvalue weighted by Gasteiger charge is 2.19. The highest BCUT2D eigenvalue weighted by Crippen LogP contribution is 2.39. The van der Waals surface area contributed by atoms with Gasteiger partial charge in [-0.05, 0) is 49.7 Å². The Morgan fingerprint density at radius 1 is 1.00 bits per heavy atom. The number of halogens is 3. The van der Waals surface area contributed by atoms with Gasteiger partial charge in [0.05, 0.1) is 18.5 Å². The number of amides is 1. The van der Waals surface area contributed by atoms with Gasteiger partial charge in [-0.15, -0.1) is 34.0 Å². The Morgan fingerprint density at radius 2 is 1.73 bits per heavy atom. The number of anilines is 2. The summed E-state index contributed by atoms with van der Waals surface area (Å²) >= 11 is 10.7. The quantitative estimate of drug-likeness (QED) is 0.108. The fourth-order valence-corrected chi connectivity index (χ4v) is 7.18. The molecular formula is C31H27ClF2N4O3S3. The first kappa shape index (κ1) is 31.7. The SMILES string of the molecule is COc1ccc(C(Nc2nc(-c3ccc(F)cc3F)cs2)OC)cc1Cc1cc(-c2csc(NC(=O)C=C(C)C)n2)c(Cl)s1. The number of nitrogens with zero attached hydrogens (tertiary/aromatic N) is 2. The zero-order valence-corrected chi connectivity index (χ0v) is 27.2. The predicted molar refractivity (Wildman–Crippen MR) is 175 cm³/mol. The van der Waals surface area contributed by atoms with Crippen molar-refractivity contribution < 1.29 is 23.0 Å². The molecule has 0 fully saturated rings. The standard InChI is InChI=1S/C31H27ClF2N4O3S3/c1-16(2)9-27(39)37-30-36-25(15-42-30)22-13-20(44-28(22)32)11-18-10-17(5-8-26(18)40-3)29(41-4)38-31-35-24(14-43-31)21-7-6-19(33)12-23(21)34/h5-10,12-15,29H,11H2,1-4H3,(H,35,38)(H,36,37,39). The second-order valence-corrected chi connectivity index (χ2v) is 13.3. The lowest BCUT2D eigenvalue weighted by Gasteiger charge is -2.19. The first-order valence-corrected chi connectivity index (χ1v) is 16.2. The van der Waals surface area contributed by atoms with E-state index in [9.17, 15) is 13.6 Å². The lowest BCUT2D eigenvalue weighted by atomic mass is 10.0. The largest absolute Gasteiger partial charge is 0.496 e. The zero-order chi connectivity index (χ0) is 31.4. The number of rotatable bonds is 11. The smallest absolute Gasteiger partial charge is 0.250 e. The molecule has 0 spiro atoms. The molecule has 1 amide bonds. The van der Waals surface area contributed by atoms with Gasteiger partial charge in [-0.2, -0.15) is 0 Å². The molecule has 1 atom stereocenters. The van der Waals surface area contributed by atoms with Crippen molar-refractivity contribution in [1.29, 1.82) is 0 Å². The Bertz CT molecular complexity index is 1830. The van der Waals surface area contributed by atoms with E-state index in [-0.39, 0.29) is 11.5 Å². The molecule has 2 N–H and O–H groups in total. The van der Waals surface area contributed by atoms with Crippen LogP contribution >= 0.6 is 45.6 Å². The van der Waals surface area contributed by atoms with Crippen LogP contribution in [0.25, 0.3) is 22.5 Å². The van der Waals surface area contributed by atoms with Gasteiger partial charge in [-0.1, -0.05) is 23.2 Å². The first-order valence-electron chi connectivity index (χ1n) is 13.2. The van der Waals surface area contributed by atoms with Crippen molar-refractivity contribution in [1.82, 2.24) is 9.97 Å². The molecule has 3 heterocycles. The maximum absolute atomic E-state index is 14.3. The Kier molecular flexibility index (Phi) is 10.1. The number of ether oxygens (including phenoxy) is 2. The minimum absolute atomic E-state index is 0.215. The number of hydrogen-bond donors (Lipinski definition) is 2. The van der Waals surface area contributed by atoms with Crippen molar-refractivity contribution in [3.63, 3.8) is 0 Å². The van der Waals surface area contributed by atoms with E-state index < -0.39 is 17.9 Å². The Balaban J connectivity index is 1.33. The van der Waals surface area contributed by atoms with Crippen LogP contribution in [0.4, 0.5) is 19.0 Å². The maximum atomic E-state index is 14.3. The normalized spacial score (nSPS) is 11.7. The van der Waals surface area contributed by atoms with Crippen molar-refractivity contribution >= 4 is 61.8 Å². The fraction of sp³-hybridized carbons (Fsp3) is 0.194. The van der Waals surface area contributed by atoms with Gasteiger partial charge in [0.1, 0.15) is 21.7 Å². The van der Waals surface area contributed by atoms with E-state index in [4.69, 9.17) is 21.1 Å². The summed E-state index contributed by atoms with van der Waals surface area (Å²) in [5, 5.41) is 10.6. The number of hydrogen-bond acceptors (Lipinski definition) is 9. The van der Waals surface area contributed by atoms with Crippen LogP contribution in [-0.2, 0) is 16.0 Å². The molecule has 5 rings (SSSR count). The minimum atomic E-state index is -0.678. The van der Waals surface area contributed by atoms with Gasteiger partial charge >= 0.3 is 0 Å². The van der Waals surface area contributed by atoms with E-state index in [0.29, 0.717) is 38.2 Å². The van der Waals surface area contributed by atoms with E-state index >= 15 is 0 Å². The third kappa shape index (κ3) is 7.51. The summed E-state index contributed by atoms with van der Waals surface area (Å²) in [6.45, 7) is 3.71. The second kappa shape index (κ2) is 14.0. The lowest BCUT2D eigenvalue weighted by molar-refractivity contribution is -0.111. The molecule has 5 aromatic rings. The van der Waals surface area contributed by atoms with Crippen molar-refractivity contribution in [3.05, 3.63) is 96.8 Å². The summed E-state index contributed by atoms with van der Waals surface area (Å²) in [6, 6.07) is 11.2. The fourth-order valence-electron chi connectivity index (χ4n) is 4.38. The molecule has 13 heteroatoms. The molecule has 3 aromatic heterocycles. The second-order valence-electron chi connectivity index (χ2n) is 9.82. The van der Waals surface area contributed by atoms with Crippen LogP contribution < -0.4 is 15.4 Å². The molecule has 2 aromatic carbocycles. The van der Waals surface area contributed by atoms with Crippen molar-refractivity contribution in [2.75, 3.05) is 24.9 Å². The molecule has 228 valence electrons. The maximum Gasteiger partial charge on any atom is 0.250 e. The van der Waals surface area contributed by atoms with E-state index in [1.165, 1.54) is 52.2 Å². The Morgan fingerprint density at radius 3 is 2.43 bits per heavy atom. The number of thiophene rings is 1. The highest BCUT2D eigenvalue weighted by molar-refractivity contribution is 7.17. The van der Waals surface area contributed by atoms with Gasteiger partial charge < -0.3 is 14.8 Å².